The zero-order valence-corrected chi connectivity index (χ0v) is 9.01. The molecule has 13 heavy (non-hydrogen) atoms. The quantitative estimate of drug-likeness (QED) is 0.586. The van der Waals surface area contributed by atoms with Crippen molar-refractivity contribution < 1.29 is 0 Å². The van der Waals surface area contributed by atoms with Crippen molar-refractivity contribution in [2.24, 2.45) is 0 Å². The second-order valence-electron chi connectivity index (χ2n) is 2.74. The number of benzene rings is 1. The van der Waals surface area contributed by atoms with Crippen molar-refractivity contribution in [3.05, 3.63) is 28.1 Å². The summed E-state index contributed by atoms with van der Waals surface area (Å²) in [6.07, 6.45) is 0. The number of nitrogens with two attached hydrogens (primary N) is 1. The van der Waals surface area contributed by atoms with Gasteiger partial charge in [0.15, 0.2) is 0 Å². The van der Waals surface area contributed by atoms with Crippen molar-refractivity contribution in [1.82, 2.24) is 0 Å². The summed E-state index contributed by atoms with van der Waals surface area (Å²) < 4.78 is 1.13. The van der Waals surface area contributed by atoms with Crippen molar-refractivity contribution in [1.29, 1.82) is 0 Å². The van der Waals surface area contributed by atoms with E-state index in [1.807, 2.05) is 17.5 Å². The van der Waals surface area contributed by atoms with Gasteiger partial charge in [0, 0.05) is 16.0 Å². The van der Waals surface area contributed by atoms with E-state index in [0.29, 0.717) is 16.6 Å². The Bertz CT molecular complexity index is 450. The van der Waals surface area contributed by atoms with Gasteiger partial charge in [0.25, 0.3) is 0 Å². The highest BCUT2D eigenvalue weighted by Gasteiger charge is 2.08. The van der Waals surface area contributed by atoms with Gasteiger partial charge >= 0.3 is 0 Å². The zero-order chi connectivity index (χ0) is 9.42. The van der Waals surface area contributed by atoms with Gasteiger partial charge in [-0.3, -0.25) is 0 Å². The molecular weight excluding hydrogens is 225 g/mol. The molecule has 1 aromatic heterocycles. The van der Waals surface area contributed by atoms with E-state index in [1.165, 1.54) is 0 Å². The lowest BCUT2D eigenvalue weighted by atomic mass is 10.2. The first-order valence-electron chi connectivity index (χ1n) is 3.74. The fraction of sp³-hybridized carbons (Fsp3) is 0.111. The number of anilines is 1. The van der Waals surface area contributed by atoms with E-state index in [1.54, 1.807) is 11.3 Å². The molecule has 0 spiro atoms. The summed E-state index contributed by atoms with van der Waals surface area (Å²) in [5.41, 5.74) is 7.36. The molecule has 0 aliphatic heterocycles. The lowest BCUT2D eigenvalue weighted by Crippen LogP contribution is -1.86. The molecule has 0 bridgehead atoms. The van der Waals surface area contributed by atoms with Gasteiger partial charge in [-0.15, -0.1) is 22.9 Å². The summed E-state index contributed by atoms with van der Waals surface area (Å²) in [6, 6.07) is 3.79. The summed E-state index contributed by atoms with van der Waals surface area (Å²) in [4.78, 5) is 0. The van der Waals surface area contributed by atoms with E-state index in [9.17, 15) is 0 Å². The van der Waals surface area contributed by atoms with E-state index >= 15 is 0 Å². The molecule has 0 aliphatic rings. The van der Waals surface area contributed by atoms with Crippen LogP contribution in [0.25, 0.3) is 10.1 Å². The van der Waals surface area contributed by atoms with Gasteiger partial charge in [-0.05, 0) is 23.1 Å². The molecule has 0 saturated heterocycles. The molecule has 1 aromatic carbocycles. The van der Waals surface area contributed by atoms with Crippen molar-refractivity contribution in [3.63, 3.8) is 0 Å². The maximum absolute atomic E-state index is 6.07. The van der Waals surface area contributed by atoms with E-state index in [-0.39, 0.29) is 0 Å². The fourth-order valence-corrected chi connectivity index (χ4v) is 2.88. The average molecular weight is 232 g/mol. The maximum Gasteiger partial charge on any atom is 0.0725 e. The highest BCUT2D eigenvalue weighted by Crippen LogP contribution is 2.36. The third kappa shape index (κ3) is 1.39. The van der Waals surface area contributed by atoms with Gasteiger partial charge in [0.05, 0.1) is 10.7 Å². The van der Waals surface area contributed by atoms with Crippen LogP contribution in [0.4, 0.5) is 5.69 Å². The number of fused-ring (bicyclic) bond motifs is 1. The van der Waals surface area contributed by atoms with Crippen molar-refractivity contribution in [3.8, 4) is 0 Å². The molecule has 0 amide bonds. The molecule has 2 rings (SSSR count). The summed E-state index contributed by atoms with van der Waals surface area (Å²) in [5.74, 6) is 0.475. The molecule has 0 unspecified atom stereocenters. The number of thiophene rings is 1. The van der Waals surface area contributed by atoms with Gasteiger partial charge in [0.1, 0.15) is 0 Å². The lowest BCUT2D eigenvalue weighted by Gasteiger charge is -2.00. The van der Waals surface area contributed by atoms with E-state index in [2.05, 4.69) is 0 Å². The molecule has 0 aliphatic carbocycles. The molecule has 68 valence electrons. The molecule has 0 fully saturated rings. The number of hydrogen-bond donors (Lipinski definition) is 1. The second-order valence-corrected chi connectivity index (χ2v) is 4.29. The average Bonchev–Trinajstić information content (AvgIpc) is 2.55. The molecule has 2 N–H and O–H groups in total. The minimum absolute atomic E-state index is 0.475. The van der Waals surface area contributed by atoms with E-state index < -0.39 is 0 Å². The van der Waals surface area contributed by atoms with Crippen LogP contribution >= 0.6 is 34.5 Å². The van der Waals surface area contributed by atoms with Crippen LogP contribution in [-0.4, -0.2) is 0 Å². The second kappa shape index (κ2) is 3.37. The lowest BCUT2D eigenvalue weighted by molar-refractivity contribution is 1.50. The van der Waals surface area contributed by atoms with Crippen LogP contribution in [0.2, 0.25) is 5.02 Å². The van der Waals surface area contributed by atoms with Gasteiger partial charge in [-0.1, -0.05) is 11.6 Å². The van der Waals surface area contributed by atoms with Crippen LogP contribution in [0.3, 0.4) is 0 Å². The molecule has 1 nitrogen and oxygen atoms in total. The first kappa shape index (κ1) is 9.13. The van der Waals surface area contributed by atoms with Crippen LogP contribution in [0, 0.1) is 0 Å². The predicted octanol–water partition coefficient (Wildman–Crippen LogP) is 3.88. The third-order valence-electron chi connectivity index (χ3n) is 1.93. The molecule has 2 aromatic rings. The first-order chi connectivity index (χ1) is 6.24. The van der Waals surface area contributed by atoms with Crippen LogP contribution in [0.15, 0.2) is 17.5 Å². The Kier molecular flexibility index (Phi) is 2.37. The standard InChI is InChI=1S/C9H7Cl2NS/c10-3-5-4-13-7-2-1-6(12)9(11)8(5)7/h1-2,4H,3,12H2. The molecular formula is C9H7Cl2NS. The summed E-state index contributed by atoms with van der Waals surface area (Å²) in [5, 5.41) is 3.64. The van der Waals surface area contributed by atoms with E-state index in [4.69, 9.17) is 28.9 Å². The highest BCUT2D eigenvalue weighted by atomic mass is 35.5. The Morgan fingerprint density at radius 3 is 2.85 bits per heavy atom. The fourth-order valence-electron chi connectivity index (χ4n) is 1.26. The van der Waals surface area contributed by atoms with Crippen molar-refractivity contribution >= 4 is 50.3 Å². The van der Waals surface area contributed by atoms with Crippen LogP contribution in [-0.2, 0) is 5.88 Å². The van der Waals surface area contributed by atoms with Gasteiger partial charge in [-0.25, -0.2) is 0 Å². The van der Waals surface area contributed by atoms with Gasteiger partial charge in [0.2, 0.25) is 0 Å². The largest absolute Gasteiger partial charge is 0.398 e. The number of halogens is 2. The van der Waals surface area contributed by atoms with Crippen molar-refractivity contribution in [2.45, 2.75) is 5.88 Å². The number of rotatable bonds is 1. The van der Waals surface area contributed by atoms with Crippen LogP contribution in [0.5, 0.6) is 0 Å². The Labute approximate surface area is 90.1 Å². The minimum Gasteiger partial charge on any atom is -0.398 e. The van der Waals surface area contributed by atoms with E-state index in [0.717, 1.165) is 15.6 Å². The topological polar surface area (TPSA) is 26.0 Å². The monoisotopic (exact) mass is 231 g/mol. The Hall–Kier alpha value is -0.440. The zero-order valence-electron chi connectivity index (χ0n) is 6.68. The molecule has 0 atom stereocenters. The Morgan fingerprint density at radius 2 is 2.15 bits per heavy atom. The van der Waals surface area contributed by atoms with Gasteiger partial charge < -0.3 is 5.73 Å². The highest BCUT2D eigenvalue weighted by molar-refractivity contribution is 7.17. The third-order valence-corrected chi connectivity index (χ3v) is 3.62. The summed E-state index contributed by atoms with van der Waals surface area (Å²) in [7, 11) is 0. The van der Waals surface area contributed by atoms with Crippen LogP contribution in [0.1, 0.15) is 5.56 Å². The molecule has 0 saturated carbocycles. The summed E-state index contributed by atoms with van der Waals surface area (Å²) >= 11 is 13.5. The van der Waals surface area contributed by atoms with Crippen molar-refractivity contribution in [2.75, 3.05) is 5.73 Å². The first-order valence-corrected chi connectivity index (χ1v) is 5.53. The smallest absolute Gasteiger partial charge is 0.0725 e. The van der Waals surface area contributed by atoms with Gasteiger partial charge in [-0.2, -0.15) is 0 Å². The normalized spacial score (nSPS) is 10.9. The number of hydrogen-bond acceptors (Lipinski definition) is 2. The predicted molar refractivity (Wildman–Crippen MR) is 60.8 cm³/mol. The maximum atomic E-state index is 6.07. The number of nitrogen functional groups attached to an aromatic ring is 1. The molecule has 4 heteroatoms. The van der Waals surface area contributed by atoms with Crippen LogP contribution < -0.4 is 5.73 Å². The Morgan fingerprint density at radius 1 is 1.38 bits per heavy atom. The molecule has 0 radical (unpaired) electrons. The molecule has 1 heterocycles. The minimum atomic E-state index is 0.475. The SMILES string of the molecule is Nc1ccc2scc(CCl)c2c1Cl. The Balaban J connectivity index is 2.85. The summed E-state index contributed by atoms with van der Waals surface area (Å²) in [6.45, 7) is 0. The number of alkyl halides is 1.